The Balaban J connectivity index is 1.77. The van der Waals surface area contributed by atoms with Gasteiger partial charge >= 0.3 is 0 Å². The minimum atomic E-state index is -0.617. The lowest BCUT2D eigenvalue weighted by Gasteiger charge is -2.33. The average molecular weight is 441 g/mol. The maximum atomic E-state index is 13.9. The van der Waals surface area contributed by atoms with Gasteiger partial charge in [0.15, 0.2) is 18.2 Å². The summed E-state index contributed by atoms with van der Waals surface area (Å²) in [4.78, 5) is 28.0. The van der Waals surface area contributed by atoms with Gasteiger partial charge in [0.05, 0.1) is 0 Å². The number of carbonyl (C=O) groups excluding carboxylic acids is 2. The molecule has 1 fully saturated rings. The van der Waals surface area contributed by atoms with Crippen LogP contribution in [0, 0.1) is 12.7 Å². The van der Waals surface area contributed by atoms with Gasteiger partial charge in [-0.25, -0.2) is 4.39 Å². The van der Waals surface area contributed by atoms with Gasteiger partial charge in [-0.05, 0) is 49.4 Å². The Morgan fingerprint density at radius 1 is 1.09 bits per heavy atom. The molecule has 32 heavy (non-hydrogen) atoms. The van der Waals surface area contributed by atoms with Crippen LogP contribution in [0.25, 0.3) is 0 Å². The van der Waals surface area contributed by atoms with Gasteiger partial charge in [0.2, 0.25) is 5.91 Å². The van der Waals surface area contributed by atoms with E-state index >= 15 is 0 Å². The molecule has 0 saturated heterocycles. The molecule has 1 aliphatic rings. The van der Waals surface area contributed by atoms with Crippen LogP contribution in [0.4, 0.5) is 4.39 Å². The van der Waals surface area contributed by atoms with Crippen molar-refractivity contribution in [2.24, 2.45) is 0 Å². The smallest absolute Gasteiger partial charge is 0.261 e. The molecule has 0 heterocycles. The van der Waals surface area contributed by atoms with Crippen molar-refractivity contribution in [3.8, 4) is 5.75 Å². The summed E-state index contributed by atoms with van der Waals surface area (Å²) in [6.45, 7) is 3.85. The lowest BCUT2D eigenvalue weighted by atomic mass is 9.95. The van der Waals surface area contributed by atoms with Gasteiger partial charge in [-0.2, -0.15) is 0 Å². The molecule has 1 N–H and O–H groups in total. The molecule has 6 heteroatoms. The number of hydrogen-bond acceptors (Lipinski definition) is 3. The number of aryl methyl sites for hydroxylation is 1. The summed E-state index contributed by atoms with van der Waals surface area (Å²) in [5.74, 6) is -0.974. The maximum absolute atomic E-state index is 13.9. The van der Waals surface area contributed by atoms with Gasteiger partial charge in [-0.1, -0.05) is 62.6 Å². The van der Waals surface area contributed by atoms with Crippen LogP contribution in [0.15, 0.2) is 48.5 Å². The number of para-hydroxylation sites is 1. The summed E-state index contributed by atoms with van der Waals surface area (Å²) < 4.78 is 19.4. The zero-order chi connectivity index (χ0) is 22.9. The molecule has 2 aromatic carbocycles. The van der Waals surface area contributed by atoms with E-state index in [1.165, 1.54) is 18.6 Å². The second-order valence-electron chi connectivity index (χ2n) is 8.43. The Kier molecular flexibility index (Phi) is 8.65. The van der Waals surface area contributed by atoms with E-state index in [0.717, 1.165) is 36.8 Å². The highest BCUT2D eigenvalue weighted by Crippen LogP contribution is 2.20. The summed E-state index contributed by atoms with van der Waals surface area (Å²) >= 11 is 0. The monoisotopic (exact) mass is 440 g/mol. The first-order chi connectivity index (χ1) is 15.5. The number of carbonyl (C=O) groups is 2. The molecule has 5 nitrogen and oxygen atoms in total. The molecule has 172 valence electrons. The Hall–Kier alpha value is -2.89. The largest absolute Gasteiger partial charge is 0.481 e. The number of halogens is 1. The van der Waals surface area contributed by atoms with Crippen LogP contribution >= 0.6 is 0 Å². The van der Waals surface area contributed by atoms with Gasteiger partial charge in [-0.15, -0.1) is 0 Å². The van der Waals surface area contributed by atoms with Crippen LogP contribution in [0.3, 0.4) is 0 Å². The number of hydrogen-bond donors (Lipinski definition) is 1. The highest BCUT2D eigenvalue weighted by molar-refractivity contribution is 5.88. The molecular weight excluding hydrogens is 407 g/mol. The summed E-state index contributed by atoms with van der Waals surface area (Å²) in [5.41, 5.74) is 2.01. The van der Waals surface area contributed by atoms with Crippen molar-refractivity contribution in [3.05, 3.63) is 65.5 Å². The summed E-state index contributed by atoms with van der Waals surface area (Å²) in [6.07, 6.45) is 5.87. The standard InChI is InChI=1S/C26H33FN2O3/c1-3-23(26(31)28-21-13-5-4-6-14-21)29(17-20-12-8-7-11-19(20)2)25(30)18-32-24-16-10-9-15-22(24)27/h7-12,15-16,21,23H,3-6,13-14,17-18H2,1-2H3,(H,28,31)/t23-/m0/s1. The minimum Gasteiger partial charge on any atom is -0.481 e. The number of benzene rings is 2. The minimum absolute atomic E-state index is 0.0244. The normalized spacial score (nSPS) is 15.1. The zero-order valence-electron chi connectivity index (χ0n) is 19.0. The van der Waals surface area contributed by atoms with Gasteiger partial charge in [0, 0.05) is 12.6 Å². The van der Waals surface area contributed by atoms with Crippen LogP contribution < -0.4 is 10.1 Å². The molecular formula is C26H33FN2O3. The Morgan fingerprint density at radius 3 is 2.47 bits per heavy atom. The molecule has 0 aliphatic heterocycles. The molecule has 2 aromatic rings. The zero-order valence-corrected chi connectivity index (χ0v) is 19.0. The van der Waals surface area contributed by atoms with Crippen molar-refractivity contribution in [2.45, 2.75) is 71.0 Å². The first-order valence-electron chi connectivity index (χ1n) is 11.5. The van der Waals surface area contributed by atoms with Crippen molar-refractivity contribution < 1.29 is 18.7 Å². The molecule has 0 bridgehead atoms. The van der Waals surface area contributed by atoms with Crippen LogP contribution in [0.5, 0.6) is 5.75 Å². The molecule has 1 atom stereocenters. The van der Waals surface area contributed by atoms with Gasteiger partial charge in [0.25, 0.3) is 5.91 Å². The van der Waals surface area contributed by atoms with Crippen LogP contribution in [-0.2, 0) is 16.1 Å². The predicted molar refractivity (Wildman–Crippen MR) is 123 cm³/mol. The second kappa shape index (κ2) is 11.7. The van der Waals surface area contributed by atoms with E-state index in [4.69, 9.17) is 4.74 Å². The van der Waals surface area contributed by atoms with Crippen molar-refractivity contribution in [3.63, 3.8) is 0 Å². The van der Waals surface area contributed by atoms with Crippen LogP contribution in [-0.4, -0.2) is 35.4 Å². The predicted octanol–water partition coefficient (Wildman–Crippen LogP) is 4.77. The maximum Gasteiger partial charge on any atom is 0.261 e. The molecule has 1 saturated carbocycles. The van der Waals surface area contributed by atoms with E-state index < -0.39 is 11.9 Å². The molecule has 0 aromatic heterocycles. The SMILES string of the molecule is CC[C@@H](C(=O)NC1CCCCC1)N(Cc1ccccc1C)C(=O)COc1ccccc1F. The van der Waals surface area contributed by atoms with Gasteiger partial charge in [0.1, 0.15) is 6.04 Å². The van der Waals surface area contributed by atoms with E-state index in [1.54, 1.807) is 17.0 Å². The Morgan fingerprint density at radius 2 is 1.78 bits per heavy atom. The quantitative estimate of drug-likeness (QED) is 0.611. The summed E-state index contributed by atoms with van der Waals surface area (Å²) in [6, 6.07) is 13.3. The van der Waals surface area contributed by atoms with Crippen molar-refractivity contribution >= 4 is 11.8 Å². The third-order valence-electron chi connectivity index (χ3n) is 6.13. The fraction of sp³-hybridized carbons (Fsp3) is 0.462. The fourth-order valence-corrected chi connectivity index (χ4v) is 4.22. The summed E-state index contributed by atoms with van der Waals surface area (Å²) in [7, 11) is 0. The number of rotatable bonds is 9. The highest BCUT2D eigenvalue weighted by Gasteiger charge is 2.31. The Labute approximate surface area is 190 Å². The number of ether oxygens (including phenoxy) is 1. The van der Waals surface area contributed by atoms with Crippen molar-refractivity contribution in [2.75, 3.05) is 6.61 Å². The number of nitrogens with zero attached hydrogens (tertiary/aromatic N) is 1. The van der Waals surface area contributed by atoms with Gasteiger partial charge in [-0.3, -0.25) is 9.59 Å². The first-order valence-corrected chi connectivity index (χ1v) is 11.5. The highest BCUT2D eigenvalue weighted by atomic mass is 19.1. The molecule has 1 aliphatic carbocycles. The second-order valence-corrected chi connectivity index (χ2v) is 8.43. The molecule has 0 unspecified atom stereocenters. The van der Waals surface area contributed by atoms with E-state index in [2.05, 4.69) is 5.32 Å². The van der Waals surface area contributed by atoms with Crippen LogP contribution in [0.1, 0.15) is 56.6 Å². The van der Waals surface area contributed by atoms with Crippen LogP contribution in [0.2, 0.25) is 0 Å². The average Bonchev–Trinajstić information content (AvgIpc) is 2.80. The number of nitrogens with one attached hydrogen (secondary N) is 1. The van der Waals surface area contributed by atoms with E-state index in [0.29, 0.717) is 13.0 Å². The van der Waals surface area contributed by atoms with E-state index in [1.807, 2.05) is 38.1 Å². The lowest BCUT2D eigenvalue weighted by molar-refractivity contribution is -0.143. The van der Waals surface area contributed by atoms with E-state index in [9.17, 15) is 14.0 Å². The third-order valence-corrected chi connectivity index (χ3v) is 6.13. The molecule has 3 rings (SSSR count). The third kappa shape index (κ3) is 6.31. The summed E-state index contributed by atoms with van der Waals surface area (Å²) in [5, 5.41) is 3.15. The van der Waals surface area contributed by atoms with Gasteiger partial charge < -0.3 is 15.0 Å². The molecule has 2 amide bonds. The van der Waals surface area contributed by atoms with Crippen molar-refractivity contribution in [1.82, 2.24) is 10.2 Å². The van der Waals surface area contributed by atoms with E-state index in [-0.39, 0.29) is 30.2 Å². The lowest BCUT2D eigenvalue weighted by Crippen LogP contribution is -2.52. The van der Waals surface area contributed by atoms with Crippen molar-refractivity contribution in [1.29, 1.82) is 0 Å². The fourth-order valence-electron chi connectivity index (χ4n) is 4.22. The number of amides is 2. The topological polar surface area (TPSA) is 58.6 Å². The molecule has 0 radical (unpaired) electrons. The first kappa shape index (κ1) is 23.8. The Bertz CT molecular complexity index is 911. The molecule has 0 spiro atoms.